The van der Waals surface area contributed by atoms with Gasteiger partial charge in [0.25, 0.3) is 0 Å². The number of carbonyl (C=O) groups excluding carboxylic acids is 2. The zero-order valence-corrected chi connectivity index (χ0v) is 9.50. The zero-order chi connectivity index (χ0) is 11.7. The Morgan fingerprint density at radius 3 is 2.38 bits per heavy atom. The minimum absolute atomic E-state index is 0.0606. The van der Waals surface area contributed by atoms with E-state index in [1.807, 2.05) is 6.26 Å². The molecule has 0 atom stereocenters. The van der Waals surface area contributed by atoms with Gasteiger partial charge in [0.05, 0.1) is 5.57 Å². The molecule has 0 aliphatic heterocycles. The number of thioether (sulfide) groups is 1. The smallest absolute Gasteiger partial charge is 0.234 e. The Hall–Kier alpha value is -1.55. The number of hydrogen-bond acceptors (Lipinski definition) is 4. The first kappa shape index (κ1) is 11.0. The number of aliphatic hydroxyl groups excluding tert-OH is 1. The van der Waals surface area contributed by atoms with Crippen LogP contribution in [0.3, 0.4) is 0 Å². The van der Waals surface area contributed by atoms with E-state index in [-0.39, 0.29) is 16.9 Å². The van der Waals surface area contributed by atoms with Gasteiger partial charge in [-0.3, -0.25) is 9.59 Å². The molecule has 0 saturated carbocycles. The molecule has 0 saturated heterocycles. The third-order valence-corrected chi connectivity index (χ3v) is 3.06. The van der Waals surface area contributed by atoms with Crippen LogP contribution in [-0.4, -0.2) is 28.7 Å². The van der Waals surface area contributed by atoms with Crippen molar-refractivity contribution in [3.63, 3.8) is 0 Å². The number of aliphatic hydroxyl groups is 1. The molecule has 16 heavy (non-hydrogen) atoms. The van der Waals surface area contributed by atoms with Crippen LogP contribution in [0.5, 0.6) is 0 Å². The molecular weight excluding hydrogens is 224 g/mol. The van der Waals surface area contributed by atoms with Crippen LogP contribution in [0, 0.1) is 0 Å². The summed E-state index contributed by atoms with van der Waals surface area (Å²) in [7, 11) is 0. The van der Waals surface area contributed by atoms with Gasteiger partial charge in [0.15, 0.2) is 0 Å². The lowest BCUT2D eigenvalue weighted by molar-refractivity contribution is -0.111. The van der Waals surface area contributed by atoms with Crippen LogP contribution >= 0.6 is 11.8 Å². The summed E-state index contributed by atoms with van der Waals surface area (Å²) >= 11 is 1.40. The number of Topliss-reactive ketones (excluding diaryl/α,β-unsaturated/α-hetero) is 2. The van der Waals surface area contributed by atoms with Crippen LogP contribution in [0.4, 0.5) is 0 Å². The summed E-state index contributed by atoms with van der Waals surface area (Å²) in [4.78, 5) is 23.5. The molecule has 0 radical (unpaired) electrons. The van der Waals surface area contributed by atoms with Gasteiger partial charge in [-0.15, -0.1) is 0 Å². The third-order valence-electron chi connectivity index (χ3n) is 2.48. The van der Waals surface area contributed by atoms with Gasteiger partial charge in [-0.25, -0.2) is 0 Å². The van der Waals surface area contributed by atoms with E-state index in [4.69, 9.17) is 0 Å². The summed E-state index contributed by atoms with van der Waals surface area (Å²) in [6.07, 6.45) is 1.82. The molecule has 82 valence electrons. The summed E-state index contributed by atoms with van der Waals surface area (Å²) in [6, 6.07) is 6.61. The van der Waals surface area contributed by atoms with Gasteiger partial charge in [0, 0.05) is 16.9 Å². The Bertz CT molecular complexity index is 503. The topological polar surface area (TPSA) is 54.4 Å². The van der Waals surface area contributed by atoms with Crippen LogP contribution in [0.1, 0.15) is 15.9 Å². The number of rotatable bonds is 2. The number of carbonyl (C=O) groups is 2. The van der Waals surface area contributed by atoms with Crippen LogP contribution in [0.15, 0.2) is 29.8 Å². The first-order valence-electron chi connectivity index (χ1n) is 4.76. The van der Waals surface area contributed by atoms with Crippen LogP contribution in [0.25, 0.3) is 5.76 Å². The molecule has 0 heterocycles. The maximum Gasteiger partial charge on any atom is 0.234 e. The highest BCUT2D eigenvalue weighted by atomic mass is 32.2. The van der Waals surface area contributed by atoms with Crippen molar-refractivity contribution >= 4 is 29.1 Å². The van der Waals surface area contributed by atoms with Gasteiger partial charge in [0.2, 0.25) is 11.6 Å². The summed E-state index contributed by atoms with van der Waals surface area (Å²) in [5, 5.41) is 9.93. The Kier molecular flexibility index (Phi) is 2.83. The lowest BCUT2D eigenvalue weighted by Crippen LogP contribution is -2.25. The Labute approximate surface area is 97.2 Å². The van der Waals surface area contributed by atoms with Gasteiger partial charge < -0.3 is 5.11 Å². The van der Waals surface area contributed by atoms with E-state index in [0.29, 0.717) is 11.3 Å². The van der Waals surface area contributed by atoms with E-state index < -0.39 is 11.6 Å². The SMILES string of the molecule is CSCC1=C(O)c2ccccc2C(=O)C1=O. The molecule has 4 heteroatoms. The van der Waals surface area contributed by atoms with Gasteiger partial charge in [0.1, 0.15) is 5.76 Å². The average molecular weight is 234 g/mol. The fraction of sp³-hybridized carbons (Fsp3) is 0.167. The number of ketones is 2. The molecule has 0 unspecified atom stereocenters. The van der Waals surface area contributed by atoms with E-state index in [0.717, 1.165) is 0 Å². The van der Waals surface area contributed by atoms with Gasteiger partial charge in [-0.05, 0) is 6.26 Å². The lowest BCUT2D eigenvalue weighted by Gasteiger charge is -2.16. The molecule has 1 N–H and O–H groups in total. The lowest BCUT2D eigenvalue weighted by atomic mass is 9.89. The monoisotopic (exact) mass is 234 g/mol. The van der Waals surface area contributed by atoms with Crippen molar-refractivity contribution in [2.45, 2.75) is 0 Å². The van der Waals surface area contributed by atoms with E-state index in [2.05, 4.69) is 0 Å². The number of benzene rings is 1. The predicted octanol–water partition coefficient (Wildman–Crippen LogP) is 2.08. The quantitative estimate of drug-likeness (QED) is 0.796. The highest BCUT2D eigenvalue weighted by Crippen LogP contribution is 2.28. The molecule has 1 aromatic carbocycles. The van der Waals surface area contributed by atoms with E-state index in [9.17, 15) is 14.7 Å². The van der Waals surface area contributed by atoms with E-state index in [1.165, 1.54) is 11.8 Å². The van der Waals surface area contributed by atoms with Crippen molar-refractivity contribution in [3.8, 4) is 0 Å². The van der Waals surface area contributed by atoms with Crippen molar-refractivity contribution in [2.24, 2.45) is 0 Å². The van der Waals surface area contributed by atoms with Crippen molar-refractivity contribution in [3.05, 3.63) is 41.0 Å². The molecule has 1 aliphatic rings. The standard InChI is InChI=1S/C12H10O3S/c1-16-6-9-10(13)7-4-2-3-5-8(7)11(14)12(9)15/h2-5,13H,6H2,1H3. The van der Waals surface area contributed by atoms with Crippen LogP contribution in [0.2, 0.25) is 0 Å². The van der Waals surface area contributed by atoms with Gasteiger partial charge in [-0.2, -0.15) is 11.8 Å². The van der Waals surface area contributed by atoms with E-state index in [1.54, 1.807) is 24.3 Å². The third kappa shape index (κ3) is 1.55. The average Bonchev–Trinajstić information content (AvgIpc) is 2.32. The molecule has 1 aliphatic carbocycles. The first-order valence-corrected chi connectivity index (χ1v) is 6.15. The maximum absolute atomic E-state index is 11.7. The molecule has 0 amide bonds. The van der Waals surface area contributed by atoms with Crippen LogP contribution in [-0.2, 0) is 4.79 Å². The Morgan fingerprint density at radius 1 is 1.12 bits per heavy atom. The van der Waals surface area contributed by atoms with Crippen molar-refractivity contribution < 1.29 is 14.7 Å². The highest BCUT2D eigenvalue weighted by molar-refractivity contribution is 7.98. The summed E-state index contributed by atoms with van der Waals surface area (Å²) in [5.41, 5.74) is 0.946. The molecular formula is C12H10O3S. The predicted molar refractivity (Wildman–Crippen MR) is 63.7 cm³/mol. The second-order valence-corrected chi connectivity index (χ2v) is 4.33. The zero-order valence-electron chi connectivity index (χ0n) is 8.69. The van der Waals surface area contributed by atoms with Crippen molar-refractivity contribution in [1.29, 1.82) is 0 Å². The van der Waals surface area contributed by atoms with Crippen molar-refractivity contribution in [1.82, 2.24) is 0 Å². The molecule has 1 aromatic rings. The minimum atomic E-state index is -0.592. The molecule has 0 aromatic heterocycles. The molecule has 0 bridgehead atoms. The molecule has 0 spiro atoms. The summed E-state index contributed by atoms with van der Waals surface area (Å²) in [5.74, 6) is -0.831. The van der Waals surface area contributed by atoms with Gasteiger partial charge >= 0.3 is 0 Å². The molecule has 2 rings (SSSR count). The summed E-state index contributed by atoms with van der Waals surface area (Å²) in [6.45, 7) is 0. The maximum atomic E-state index is 11.7. The van der Waals surface area contributed by atoms with E-state index >= 15 is 0 Å². The van der Waals surface area contributed by atoms with Crippen LogP contribution < -0.4 is 0 Å². The fourth-order valence-electron chi connectivity index (χ4n) is 1.70. The van der Waals surface area contributed by atoms with Gasteiger partial charge in [-0.1, -0.05) is 24.3 Å². The molecule has 3 nitrogen and oxygen atoms in total. The summed E-state index contributed by atoms with van der Waals surface area (Å²) < 4.78 is 0. The molecule has 0 fully saturated rings. The first-order chi connectivity index (χ1) is 7.66. The van der Waals surface area contributed by atoms with Crippen molar-refractivity contribution in [2.75, 3.05) is 12.0 Å². The number of hydrogen-bond donors (Lipinski definition) is 1. The fourth-order valence-corrected chi connectivity index (χ4v) is 2.25. The Morgan fingerprint density at radius 2 is 1.75 bits per heavy atom. The Balaban J connectivity index is 2.64. The largest absolute Gasteiger partial charge is 0.507 e. The normalized spacial score (nSPS) is 15.3. The second kappa shape index (κ2) is 4.14. The second-order valence-electron chi connectivity index (χ2n) is 3.46. The highest BCUT2D eigenvalue weighted by Gasteiger charge is 2.31. The minimum Gasteiger partial charge on any atom is -0.507 e. The number of fused-ring (bicyclic) bond motifs is 1.